The van der Waals surface area contributed by atoms with Gasteiger partial charge in [-0.2, -0.15) is 0 Å². The molecular formula is C8H9BrFNO. The summed E-state index contributed by atoms with van der Waals surface area (Å²) in [5.41, 5.74) is 0.915. The minimum atomic E-state index is -0.353. The van der Waals surface area contributed by atoms with Gasteiger partial charge in [0, 0.05) is 6.20 Å². The van der Waals surface area contributed by atoms with E-state index in [0.29, 0.717) is 6.61 Å². The van der Waals surface area contributed by atoms with Gasteiger partial charge < -0.3 is 9.64 Å². The van der Waals surface area contributed by atoms with E-state index in [1.807, 2.05) is 18.0 Å². The molecule has 1 saturated heterocycles. The van der Waals surface area contributed by atoms with E-state index >= 15 is 0 Å². The first-order valence-electron chi connectivity index (χ1n) is 3.77. The van der Waals surface area contributed by atoms with Crippen LogP contribution in [0.3, 0.4) is 0 Å². The Morgan fingerprint density at radius 3 is 3.00 bits per heavy atom. The minimum Gasteiger partial charge on any atom is -0.351 e. The quantitative estimate of drug-likeness (QED) is 0.392. The lowest BCUT2D eigenvalue weighted by Gasteiger charge is -2.26. The molecule has 0 aromatic heterocycles. The molecule has 66 valence electrons. The maximum atomic E-state index is 13.1. The molecule has 2 atom stereocenters. The molecule has 0 aromatic rings. The highest BCUT2D eigenvalue weighted by molar-refractivity contribution is 9.09. The van der Waals surface area contributed by atoms with Gasteiger partial charge in [0.25, 0.3) is 0 Å². The summed E-state index contributed by atoms with van der Waals surface area (Å²) in [4.78, 5) is 1.48. The first-order chi connectivity index (χ1) is 5.68. The Labute approximate surface area is 78.8 Å². The van der Waals surface area contributed by atoms with E-state index in [-0.39, 0.29) is 17.0 Å². The molecule has 2 aliphatic heterocycles. The zero-order valence-corrected chi connectivity index (χ0v) is 8.21. The Morgan fingerprint density at radius 2 is 2.42 bits per heavy atom. The molecule has 2 aliphatic rings. The molecule has 0 aliphatic carbocycles. The number of nitrogens with zero attached hydrogens (tertiary/aromatic N) is 1. The van der Waals surface area contributed by atoms with Gasteiger partial charge in [0.1, 0.15) is 10.8 Å². The van der Waals surface area contributed by atoms with E-state index < -0.39 is 0 Å². The maximum Gasteiger partial charge on any atom is 0.154 e. The number of halogens is 2. The lowest BCUT2D eigenvalue weighted by Crippen LogP contribution is -2.31. The smallest absolute Gasteiger partial charge is 0.154 e. The molecule has 0 radical (unpaired) electrons. The van der Waals surface area contributed by atoms with Crippen molar-refractivity contribution in [1.29, 1.82) is 0 Å². The predicted octanol–water partition coefficient (Wildman–Crippen LogP) is 2.14. The van der Waals surface area contributed by atoms with E-state index in [0.717, 1.165) is 5.57 Å². The monoisotopic (exact) mass is 233 g/mol. The highest BCUT2D eigenvalue weighted by Gasteiger charge is 2.35. The Morgan fingerprint density at radius 1 is 1.75 bits per heavy atom. The van der Waals surface area contributed by atoms with Crippen LogP contribution in [0.2, 0.25) is 0 Å². The van der Waals surface area contributed by atoms with E-state index in [4.69, 9.17) is 4.74 Å². The molecule has 12 heavy (non-hydrogen) atoms. The van der Waals surface area contributed by atoms with Gasteiger partial charge in [0.05, 0.1) is 6.61 Å². The summed E-state index contributed by atoms with van der Waals surface area (Å²) in [5, 5.41) is 0. The third-order valence-electron chi connectivity index (χ3n) is 1.86. The van der Waals surface area contributed by atoms with Crippen LogP contribution >= 0.6 is 15.9 Å². The molecule has 0 aromatic carbocycles. The normalized spacial score (nSPS) is 34.4. The molecule has 2 heterocycles. The van der Waals surface area contributed by atoms with Crippen molar-refractivity contribution in [3.63, 3.8) is 0 Å². The van der Waals surface area contributed by atoms with Gasteiger partial charge in [-0.25, -0.2) is 4.39 Å². The van der Waals surface area contributed by atoms with Crippen LogP contribution in [0.25, 0.3) is 0 Å². The van der Waals surface area contributed by atoms with E-state index in [1.54, 1.807) is 0 Å². The second-order valence-electron chi connectivity index (χ2n) is 2.97. The Balaban J connectivity index is 2.19. The molecule has 2 rings (SSSR count). The number of rotatable bonds is 1. The predicted molar refractivity (Wildman–Crippen MR) is 47.2 cm³/mol. The van der Waals surface area contributed by atoms with Crippen molar-refractivity contribution in [2.75, 3.05) is 6.61 Å². The summed E-state index contributed by atoms with van der Waals surface area (Å²) < 4.78 is 18.2. The number of hydrogen-bond donors (Lipinski definition) is 0. The summed E-state index contributed by atoms with van der Waals surface area (Å²) in [6.45, 7) is 2.56. The highest BCUT2D eigenvalue weighted by Crippen LogP contribution is 2.31. The maximum absolute atomic E-state index is 13.1. The van der Waals surface area contributed by atoms with E-state index in [1.165, 1.54) is 6.08 Å². The van der Waals surface area contributed by atoms with Crippen LogP contribution in [0.1, 0.15) is 6.92 Å². The van der Waals surface area contributed by atoms with Gasteiger partial charge >= 0.3 is 0 Å². The Bertz CT molecular complexity index is 260. The van der Waals surface area contributed by atoms with Crippen molar-refractivity contribution in [3.05, 3.63) is 23.7 Å². The van der Waals surface area contributed by atoms with Gasteiger partial charge in [-0.3, -0.25) is 0 Å². The zero-order valence-electron chi connectivity index (χ0n) is 6.63. The number of hydrogen-bond acceptors (Lipinski definition) is 2. The molecule has 0 saturated carbocycles. The number of allylic oxidation sites excluding steroid dienone is 2. The molecule has 0 N–H and O–H groups in total. The molecule has 2 unspecified atom stereocenters. The second kappa shape index (κ2) is 2.85. The van der Waals surface area contributed by atoms with E-state index in [9.17, 15) is 4.39 Å². The first kappa shape index (κ1) is 8.26. The van der Waals surface area contributed by atoms with Crippen LogP contribution in [-0.2, 0) is 4.74 Å². The van der Waals surface area contributed by atoms with Crippen LogP contribution in [0.15, 0.2) is 23.7 Å². The molecule has 4 heteroatoms. The Hall–Kier alpha value is -0.350. The van der Waals surface area contributed by atoms with Crippen molar-refractivity contribution < 1.29 is 9.13 Å². The van der Waals surface area contributed by atoms with Crippen LogP contribution in [0, 0.1) is 0 Å². The number of epoxide rings is 1. The van der Waals surface area contributed by atoms with Crippen LogP contribution in [-0.4, -0.2) is 22.7 Å². The molecule has 2 nitrogen and oxygen atoms in total. The van der Waals surface area contributed by atoms with E-state index in [2.05, 4.69) is 15.9 Å². The summed E-state index contributed by atoms with van der Waals surface area (Å²) in [7, 11) is 0. The van der Waals surface area contributed by atoms with Crippen molar-refractivity contribution in [3.8, 4) is 0 Å². The molecule has 0 spiro atoms. The third-order valence-corrected chi connectivity index (χ3v) is 2.77. The summed E-state index contributed by atoms with van der Waals surface area (Å²) in [5.74, 6) is -0.162. The number of ether oxygens (including phenoxy) is 1. The van der Waals surface area contributed by atoms with Crippen molar-refractivity contribution >= 4 is 15.9 Å². The first-order valence-corrected chi connectivity index (χ1v) is 4.68. The summed E-state index contributed by atoms with van der Waals surface area (Å²) >= 11 is 3.25. The summed E-state index contributed by atoms with van der Waals surface area (Å²) in [6.07, 6.45) is 3.49. The van der Waals surface area contributed by atoms with Gasteiger partial charge in [-0.15, -0.1) is 0 Å². The average Bonchev–Trinajstić information content (AvgIpc) is 2.79. The number of alkyl halides is 1. The van der Waals surface area contributed by atoms with Crippen molar-refractivity contribution in [2.45, 2.75) is 18.1 Å². The fourth-order valence-corrected chi connectivity index (χ4v) is 1.72. The standard InChI is InChI=1S/C8H9BrFNO/c1-5-2-6(10)8(9)11(3-5)7-4-12-7/h2-3,7-8H,4H2,1H3. The Kier molecular flexibility index (Phi) is 1.96. The fraction of sp³-hybridized carbons (Fsp3) is 0.500. The van der Waals surface area contributed by atoms with Gasteiger partial charge in [0.15, 0.2) is 6.23 Å². The molecule has 1 fully saturated rings. The van der Waals surface area contributed by atoms with Gasteiger partial charge in [-0.05, 0) is 18.6 Å². The van der Waals surface area contributed by atoms with Crippen LogP contribution in [0.4, 0.5) is 4.39 Å². The SMILES string of the molecule is CC1=CN(C2CO2)C(Br)C(F)=C1. The summed E-state index contributed by atoms with van der Waals surface area (Å²) in [6, 6.07) is 0. The fourth-order valence-electron chi connectivity index (χ4n) is 1.21. The topological polar surface area (TPSA) is 15.8 Å². The minimum absolute atomic E-state index is 0.0591. The van der Waals surface area contributed by atoms with Gasteiger partial charge in [0.2, 0.25) is 0 Å². The lowest BCUT2D eigenvalue weighted by atomic mass is 10.2. The average molecular weight is 234 g/mol. The van der Waals surface area contributed by atoms with Crippen molar-refractivity contribution in [1.82, 2.24) is 4.90 Å². The molecule has 0 amide bonds. The lowest BCUT2D eigenvalue weighted by molar-refractivity contribution is 0.224. The largest absolute Gasteiger partial charge is 0.351 e. The van der Waals surface area contributed by atoms with Gasteiger partial charge in [-0.1, -0.05) is 15.9 Å². The van der Waals surface area contributed by atoms with Crippen LogP contribution in [0.5, 0.6) is 0 Å². The molecule has 0 bridgehead atoms. The van der Waals surface area contributed by atoms with Crippen molar-refractivity contribution in [2.24, 2.45) is 0 Å². The third kappa shape index (κ3) is 1.41. The van der Waals surface area contributed by atoms with Crippen LogP contribution < -0.4 is 0 Å². The second-order valence-corrected chi connectivity index (χ2v) is 3.84. The molecular weight excluding hydrogens is 225 g/mol. The zero-order chi connectivity index (χ0) is 8.72. The highest BCUT2D eigenvalue weighted by atomic mass is 79.9.